The van der Waals surface area contributed by atoms with E-state index >= 15 is 0 Å². The van der Waals surface area contributed by atoms with Gasteiger partial charge >= 0.3 is 0 Å². The highest BCUT2D eigenvalue weighted by atomic mass is 32.1. The van der Waals surface area contributed by atoms with E-state index in [-0.39, 0.29) is 5.41 Å². The highest BCUT2D eigenvalue weighted by Gasteiger charge is 2.36. The largest absolute Gasteiger partial charge is 0.309 e. The van der Waals surface area contributed by atoms with E-state index in [1.165, 1.54) is 81.4 Å². The van der Waals surface area contributed by atoms with Crippen LogP contribution in [0.2, 0.25) is 0 Å². The lowest BCUT2D eigenvalue weighted by molar-refractivity contribution is 0.660. The number of thiophene rings is 1. The van der Waals surface area contributed by atoms with Gasteiger partial charge in [0.25, 0.3) is 0 Å². The molecule has 214 valence electrons. The van der Waals surface area contributed by atoms with Gasteiger partial charge in [-0.2, -0.15) is 0 Å². The Labute approximate surface area is 267 Å². The quantitative estimate of drug-likeness (QED) is 0.196. The third kappa shape index (κ3) is 3.92. The molecule has 0 amide bonds. The molecule has 1 aliphatic carbocycles. The van der Waals surface area contributed by atoms with Crippen molar-refractivity contribution in [2.45, 2.75) is 19.3 Å². The number of para-hydroxylation sites is 1. The predicted molar refractivity (Wildman–Crippen MR) is 195 cm³/mol. The van der Waals surface area contributed by atoms with Crippen LogP contribution in [0.5, 0.6) is 0 Å². The van der Waals surface area contributed by atoms with E-state index in [0.717, 1.165) is 0 Å². The van der Waals surface area contributed by atoms with Crippen LogP contribution in [0.15, 0.2) is 152 Å². The highest BCUT2D eigenvalue weighted by Crippen LogP contribution is 2.52. The average molecular weight is 594 g/mol. The molecule has 0 saturated heterocycles. The molecule has 0 N–H and O–H groups in total. The monoisotopic (exact) mass is 593 g/mol. The summed E-state index contributed by atoms with van der Waals surface area (Å²) in [5.74, 6) is 0. The maximum absolute atomic E-state index is 2.49. The summed E-state index contributed by atoms with van der Waals surface area (Å²) in [4.78, 5) is 2.49. The minimum Gasteiger partial charge on any atom is -0.309 e. The molecule has 1 aliphatic rings. The van der Waals surface area contributed by atoms with Crippen LogP contribution in [0.25, 0.3) is 53.2 Å². The fourth-order valence-corrected chi connectivity index (χ4v) is 8.67. The molecule has 0 fully saturated rings. The van der Waals surface area contributed by atoms with Crippen molar-refractivity contribution in [2.24, 2.45) is 0 Å². The van der Waals surface area contributed by atoms with E-state index in [1.54, 1.807) is 0 Å². The first-order valence-corrected chi connectivity index (χ1v) is 16.4. The van der Waals surface area contributed by atoms with Crippen molar-refractivity contribution in [3.05, 3.63) is 163 Å². The lowest BCUT2D eigenvalue weighted by atomic mass is 9.82. The number of rotatable bonds is 4. The Bertz CT molecular complexity index is 2420. The van der Waals surface area contributed by atoms with Crippen molar-refractivity contribution >= 4 is 59.3 Å². The zero-order chi connectivity index (χ0) is 30.1. The molecule has 0 unspecified atom stereocenters. The Kier molecular flexibility index (Phi) is 5.78. The molecule has 1 nitrogen and oxygen atoms in total. The summed E-state index contributed by atoms with van der Waals surface area (Å²) in [6.45, 7) is 4.72. The van der Waals surface area contributed by atoms with Crippen molar-refractivity contribution in [1.29, 1.82) is 0 Å². The lowest BCUT2D eigenvalue weighted by Gasteiger charge is -2.30. The summed E-state index contributed by atoms with van der Waals surface area (Å²) in [6.07, 6.45) is 0. The smallest absolute Gasteiger partial charge is 0.0540 e. The molecule has 0 aliphatic heterocycles. The highest BCUT2D eigenvalue weighted by molar-refractivity contribution is 7.25. The Balaban J connectivity index is 1.34. The van der Waals surface area contributed by atoms with Crippen LogP contribution in [-0.2, 0) is 5.41 Å². The maximum Gasteiger partial charge on any atom is 0.0540 e. The Morgan fingerprint density at radius 1 is 0.467 bits per heavy atom. The van der Waals surface area contributed by atoms with E-state index in [4.69, 9.17) is 0 Å². The van der Waals surface area contributed by atoms with Gasteiger partial charge in [-0.25, -0.2) is 0 Å². The van der Waals surface area contributed by atoms with Gasteiger partial charge in [0, 0.05) is 42.2 Å². The van der Waals surface area contributed by atoms with Gasteiger partial charge in [-0.3, -0.25) is 0 Å². The normalized spacial score (nSPS) is 13.3. The van der Waals surface area contributed by atoms with Gasteiger partial charge in [0.1, 0.15) is 0 Å². The van der Waals surface area contributed by atoms with Crippen molar-refractivity contribution in [2.75, 3.05) is 4.90 Å². The van der Waals surface area contributed by atoms with Crippen molar-refractivity contribution in [3.63, 3.8) is 0 Å². The predicted octanol–water partition coefficient (Wildman–Crippen LogP) is 12.7. The number of hydrogen-bond acceptors (Lipinski definition) is 2. The molecule has 9 rings (SSSR count). The SMILES string of the molecule is CC1(C)c2ccccc2-c2ccc(N(c3ccccc3-c3cccc4sc5ccccc5c34)c3cccc4ccccc34)cc21. The third-order valence-electron chi connectivity index (χ3n) is 9.67. The number of anilines is 3. The van der Waals surface area contributed by atoms with E-state index in [2.05, 4.69) is 170 Å². The van der Waals surface area contributed by atoms with Gasteiger partial charge in [-0.1, -0.05) is 129 Å². The molecular weight excluding hydrogens is 563 g/mol. The van der Waals surface area contributed by atoms with Crippen LogP contribution < -0.4 is 4.90 Å². The molecule has 1 heterocycles. The Hall–Kier alpha value is -5.18. The first-order chi connectivity index (χ1) is 22.1. The van der Waals surface area contributed by atoms with Gasteiger partial charge in [0.15, 0.2) is 0 Å². The molecule has 2 heteroatoms. The summed E-state index contributed by atoms with van der Waals surface area (Å²) in [5, 5.41) is 5.11. The molecule has 0 atom stereocenters. The molecule has 0 saturated carbocycles. The molecule has 0 radical (unpaired) electrons. The van der Waals surface area contributed by atoms with Gasteiger partial charge < -0.3 is 4.90 Å². The van der Waals surface area contributed by atoms with Crippen LogP contribution >= 0.6 is 11.3 Å². The van der Waals surface area contributed by atoms with Gasteiger partial charge in [-0.05, 0) is 69.6 Å². The summed E-state index contributed by atoms with van der Waals surface area (Å²) >= 11 is 1.87. The maximum atomic E-state index is 2.49. The van der Waals surface area contributed by atoms with Gasteiger partial charge in [0.05, 0.1) is 11.4 Å². The van der Waals surface area contributed by atoms with Gasteiger partial charge in [0.2, 0.25) is 0 Å². The molecule has 0 spiro atoms. The zero-order valence-corrected chi connectivity index (χ0v) is 26.1. The first-order valence-electron chi connectivity index (χ1n) is 15.6. The zero-order valence-electron chi connectivity index (χ0n) is 25.3. The van der Waals surface area contributed by atoms with Crippen molar-refractivity contribution in [1.82, 2.24) is 0 Å². The minimum absolute atomic E-state index is 0.0902. The molecule has 45 heavy (non-hydrogen) atoms. The van der Waals surface area contributed by atoms with Crippen LogP contribution in [0.4, 0.5) is 17.1 Å². The number of nitrogens with zero attached hydrogens (tertiary/aromatic N) is 1. The molecule has 7 aromatic carbocycles. The lowest BCUT2D eigenvalue weighted by Crippen LogP contribution is -2.17. The van der Waals surface area contributed by atoms with E-state index < -0.39 is 0 Å². The summed E-state index contributed by atoms with van der Waals surface area (Å²) in [6, 6.07) is 55.9. The third-order valence-corrected chi connectivity index (χ3v) is 10.8. The Morgan fingerprint density at radius 2 is 1.09 bits per heavy atom. The summed E-state index contributed by atoms with van der Waals surface area (Å²) < 4.78 is 2.64. The average Bonchev–Trinajstić information content (AvgIpc) is 3.58. The molecule has 1 aromatic heterocycles. The fraction of sp³-hybridized carbons (Fsp3) is 0.0698. The molecular formula is C43H31NS. The number of hydrogen-bond donors (Lipinski definition) is 0. The van der Waals surface area contributed by atoms with Crippen molar-refractivity contribution < 1.29 is 0 Å². The fourth-order valence-electron chi connectivity index (χ4n) is 7.54. The Morgan fingerprint density at radius 3 is 2.00 bits per heavy atom. The molecule has 0 bridgehead atoms. The van der Waals surface area contributed by atoms with Crippen molar-refractivity contribution in [3.8, 4) is 22.3 Å². The second-order valence-corrected chi connectivity index (χ2v) is 13.6. The van der Waals surface area contributed by atoms with Crippen LogP contribution in [-0.4, -0.2) is 0 Å². The number of benzene rings is 7. The first kappa shape index (κ1) is 26.2. The van der Waals surface area contributed by atoms with Gasteiger partial charge in [-0.15, -0.1) is 11.3 Å². The topological polar surface area (TPSA) is 3.24 Å². The van der Waals surface area contributed by atoms with E-state index in [9.17, 15) is 0 Å². The van der Waals surface area contributed by atoms with Crippen LogP contribution in [0, 0.1) is 0 Å². The van der Waals surface area contributed by atoms with Crippen LogP contribution in [0.3, 0.4) is 0 Å². The molecule has 8 aromatic rings. The second-order valence-electron chi connectivity index (χ2n) is 12.5. The van der Waals surface area contributed by atoms with E-state index in [0.29, 0.717) is 0 Å². The summed E-state index contributed by atoms with van der Waals surface area (Å²) in [7, 11) is 0. The second kappa shape index (κ2) is 9.92. The van der Waals surface area contributed by atoms with Crippen LogP contribution in [0.1, 0.15) is 25.0 Å². The number of fused-ring (bicyclic) bond motifs is 7. The summed E-state index contributed by atoms with van der Waals surface area (Å²) in [5.41, 5.74) is 11.4. The standard InChI is InChI=1S/C43H31NS/c1-43(2)36-20-8-5-16-31(36)32-26-25-29(27-37(32)43)44(38-22-11-14-28-13-3-4-15-30(28)38)39-21-9-6-17-33(39)34-19-12-24-41-42(34)35-18-7-10-23-40(35)45-41/h3-27H,1-2H3. The van der Waals surface area contributed by atoms with E-state index in [1.807, 2.05) is 11.3 Å². The minimum atomic E-state index is -0.0902.